The lowest BCUT2D eigenvalue weighted by molar-refractivity contribution is -0.141. The minimum atomic E-state index is -4.45. The van der Waals surface area contributed by atoms with Gasteiger partial charge in [-0.25, -0.2) is 4.79 Å². The molecule has 0 aromatic heterocycles. The van der Waals surface area contributed by atoms with E-state index in [1.165, 1.54) is 6.42 Å². The molecule has 1 aliphatic rings. The van der Waals surface area contributed by atoms with Crippen molar-refractivity contribution >= 4 is 43.6 Å². The smallest absolute Gasteiger partial charge is 0.327 e. The first-order valence-electron chi connectivity index (χ1n) is 6.53. The Morgan fingerprint density at radius 3 is 2.57 bits per heavy atom. The summed E-state index contributed by atoms with van der Waals surface area (Å²) < 4.78 is 30.0. The number of carbonyl (C=O) groups is 2. The largest absolute Gasteiger partial charge is 0.480 e. The number of carboxylic acids is 1. The van der Waals surface area contributed by atoms with Crippen molar-refractivity contribution in [2.24, 2.45) is 0 Å². The Morgan fingerprint density at radius 1 is 1.33 bits per heavy atom. The molecule has 2 atom stereocenters. The number of hydrogen-bond donors (Lipinski definition) is 3. The fraction of sp³-hybridized carbons (Fsp3) is 0.818. The van der Waals surface area contributed by atoms with Gasteiger partial charge in [0.15, 0.2) is 0 Å². The van der Waals surface area contributed by atoms with Crippen LogP contribution in [0.1, 0.15) is 32.1 Å². The Bertz CT molecular complexity index is 461. The number of rotatable bonds is 9. The minimum absolute atomic E-state index is 0.153. The zero-order valence-corrected chi connectivity index (χ0v) is 13.8. The van der Waals surface area contributed by atoms with Crippen LogP contribution in [0.2, 0.25) is 0 Å². The minimum Gasteiger partial charge on any atom is -0.480 e. The van der Waals surface area contributed by atoms with E-state index >= 15 is 0 Å². The van der Waals surface area contributed by atoms with Crippen LogP contribution in [0, 0.1) is 0 Å². The van der Waals surface area contributed by atoms with E-state index in [-0.39, 0.29) is 6.42 Å². The highest BCUT2D eigenvalue weighted by molar-refractivity contribution is 8.77. The number of amides is 1. The molecule has 1 amide bonds. The van der Waals surface area contributed by atoms with Gasteiger partial charge in [-0.1, -0.05) is 28.0 Å². The van der Waals surface area contributed by atoms with Crippen molar-refractivity contribution in [3.05, 3.63) is 0 Å². The summed E-state index contributed by atoms with van der Waals surface area (Å²) >= 11 is 0. The zero-order chi connectivity index (χ0) is 15.9. The number of hydrogen-bond acceptors (Lipinski definition) is 6. The van der Waals surface area contributed by atoms with Crippen LogP contribution in [0.15, 0.2) is 0 Å². The summed E-state index contributed by atoms with van der Waals surface area (Å²) in [5.41, 5.74) is 0. The lowest BCUT2D eigenvalue weighted by Gasteiger charge is -2.13. The van der Waals surface area contributed by atoms with E-state index in [9.17, 15) is 18.0 Å². The predicted octanol–water partition coefficient (Wildman–Crippen LogP) is 1.16. The predicted molar refractivity (Wildman–Crippen MR) is 82.9 cm³/mol. The van der Waals surface area contributed by atoms with E-state index in [1.807, 2.05) is 21.6 Å². The summed E-state index contributed by atoms with van der Waals surface area (Å²) in [6.07, 6.45) is 3.86. The van der Waals surface area contributed by atoms with E-state index < -0.39 is 33.8 Å². The molecule has 10 heteroatoms. The summed E-state index contributed by atoms with van der Waals surface area (Å²) in [4.78, 5) is 22.4. The van der Waals surface area contributed by atoms with Gasteiger partial charge in [0.25, 0.3) is 10.1 Å². The molecule has 0 aromatic carbocycles. The zero-order valence-electron chi connectivity index (χ0n) is 11.4. The van der Waals surface area contributed by atoms with Crippen molar-refractivity contribution in [3.8, 4) is 0 Å². The molecule has 1 unspecified atom stereocenters. The highest BCUT2D eigenvalue weighted by Crippen LogP contribution is 2.39. The Kier molecular flexibility index (Phi) is 7.85. The fourth-order valence-corrected chi connectivity index (χ4v) is 5.55. The molecule has 0 bridgehead atoms. The van der Waals surface area contributed by atoms with Gasteiger partial charge >= 0.3 is 5.97 Å². The van der Waals surface area contributed by atoms with Crippen LogP contribution in [0.5, 0.6) is 0 Å². The Labute approximate surface area is 131 Å². The molecule has 0 radical (unpaired) electrons. The molecule has 21 heavy (non-hydrogen) atoms. The molecule has 7 nitrogen and oxygen atoms in total. The van der Waals surface area contributed by atoms with E-state index in [0.29, 0.717) is 11.7 Å². The Balaban J connectivity index is 2.25. The molecular formula is C11H19NO6S3. The summed E-state index contributed by atoms with van der Waals surface area (Å²) in [7, 11) is -0.730. The average molecular weight is 357 g/mol. The van der Waals surface area contributed by atoms with Crippen molar-refractivity contribution in [2.45, 2.75) is 43.4 Å². The van der Waals surface area contributed by atoms with E-state index in [0.717, 1.165) is 18.6 Å². The van der Waals surface area contributed by atoms with E-state index in [1.54, 1.807) is 0 Å². The number of carboxylic acid groups (broad SMARTS) is 1. The van der Waals surface area contributed by atoms with Gasteiger partial charge < -0.3 is 10.4 Å². The van der Waals surface area contributed by atoms with Crippen LogP contribution in [-0.4, -0.2) is 52.8 Å². The van der Waals surface area contributed by atoms with E-state index in [2.05, 4.69) is 5.32 Å². The second kappa shape index (κ2) is 8.86. The van der Waals surface area contributed by atoms with Gasteiger partial charge in [-0.3, -0.25) is 9.35 Å². The molecule has 0 aromatic rings. The highest BCUT2D eigenvalue weighted by Gasteiger charge is 2.25. The van der Waals surface area contributed by atoms with Crippen LogP contribution in [0.3, 0.4) is 0 Å². The molecule has 1 rings (SSSR count). The SMILES string of the molecule is O=C(CCCC[C@@H]1CCSS1)NC(CS(=O)(=O)O)C(=O)O. The quantitative estimate of drug-likeness (QED) is 0.319. The summed E-state index contributed by atoms with van der Waals surface area (Å²) in [5, 5.41) is 11.5. The van der Waals surface area contributed by atoms with Gasteiger partial charge in [0.1, 0.15) is 11.8 Å². The van der Waals surface area contributed by atoms with Gasteiger partial charge in [0.2, 0.25) is 5.91 Å². The van der Waals surface area contributed by atoms with Crippen molar-refractivity contribution < 1.29 is 27.7 Å². The average Bonchev–Trinajstić information content (AvgIpc) is 2.85. The van der Waals surface area contributed by atoms with Crippen LogP contribution >= 0.6 is 21.6 Å². The summed E-state index contributed by atoms with van der Waals surface area (Å²) in [5.74, 6) is -1.87. The van der Waals surface area contributed by atoms with Crippen molar-refractivity contribution in [1.29, 1.82) is 0 Å². The number of carbonyl (C=O) groups excluding carboxylic acids is 1. The molecule has 1 saturated heterocycles. The van der Waals surface area contributed by atoms with Crippen LogP contribution in [-0.2, 0) is 19.7 Å². The summed E-state index contributed by atoms with van der Waals surface area (Å²) in [6.45, 7) is 0. The van der Waals surface area contributed by atoms with Gasteiger partial charge in [-0.2, -0.15) is 8.42 Å². The summed E-state index contributed by atoms with van der Waals surface area (Å²) in [6, 6.07) is -1.62. The lowest BCUT2D eigenvalue weighted by atomic mass is 10.1. The first-order chi connectivity index (χ1) is 9.78. The standard InChI is InChI=1S/C11H19NO6S3/c13-10(4-2-1-3-8-5-6-19-20-8)12-9(11(14)15)7-21(16,17)18/h8-9H,1-7H2,(H,12,13)(H,14,15)(H,16,17,18)/t8-,9?/m1/s1. The Hall–Kier alpha value is -0.450. The molecule has 1 aliphatic heterocycles. The van der Waals surface area contributed by atoms with Gasteiger partial charge in [0.05, 0.1) is 0 Å². The normalized spacial score (nSPS) is 20.1. The molecule has 1 fully saturated rings. The van der Waals surface area contributed by atoms with E-state index in [4.69, 9.17) is 9.66 Å². The maximum Gasteiger partial charge on any atom is 0.327 e. The second-order valence-corrected chi connectivity index (χ2v) is 9.07. The maximum atomic E-state index is 11.6. The van der Waals surface area contributed by atoms with Crippen LogP contribution in [0.4, 0.5) is 0 Å². The molecule has 0 aliphatic carbocycles. The van der Waals surface area contributed by atoms with Gasteiger partial charge in [0, 0.05) is 17.4 Å². The van der Waals surface area contributed by atoms with Crippen molar-refractivity contribution in [1.82, 2.24) is 5.32 Å². The molecular weight excluding hydrogens is 338 g/mol. The van der Waals surface area contributed by atoms with Gasteiger partial charge in [-0.05, 0) is 19.3 Å². The monoisotopic (exact) mass is 357 g/mol. The maximum absolute atomic E-state index is 11.6. The Morgan fingerprint density at radius 2 is 2.05 bits per heavy atom. The van der Waals surface area contributed by atoms with Crippen LogP contribution < -0.4 is 5.32 Å². The fourth-order valence-electron chi connectivity index (χ4n) is 1.87. The lowest BCUT2D eigenvalue weighted by Crippen LogP contribution is -2.45. The third-order valence-corrected chi connectivity index (χ3v) is 6.68. The topological polar surface area (TPSA) is 121 Å². The molecule has 0 saturated carbocycles. The number of aliphatic carboxylic acids is 1. The number of nitrogens with one attached hydrogen (secondary N) is 1. The molecule has 1 heterocycles. The number of unbranched alkanes of at least 4 members (excludes halogenated alkanes) is 1. The van der Waals surface area contributed by atoms with Crippen molar-refractivity contribution in [2.75, 3.05) is 11.5 Å². The third kappa shape index (κ3) is 8.54. The third-order valence-electron chi connectivity index (χ3n) is 2.92. The van der Waals surface area contributed by atoms with Crippen molar-refractivity contribution in [3.63, 3.8) is 0 Å². The second-order valence-electron chi connectivity index (χ2n) is 4.78. The van der Waals surface area contributed by atoms with Crippen LogP contribution in [0.25, 0.3) is 0 Å². The molecule has 3 N–H and O–H groups in total. The first kappa shape index (κ1) is 18.6. The molecule has 0 spiro atoms. The first-order valence-corrected chi connectivity index (χ1v) is 10.5. The van der Waals surface area contributed by atoms with Gasteiger partial charge in [-0.15, -0.1) is 0 Å². The highest BCUT2D eigenvalue weighted by atomic mass is 33.1. The molecule has 122 valence electrons.